The van der Waals surface area contributed by atoms with Crippen molar-refractivity contribution in [2.75, 3.05) is 31.1 Å². The van der Waals surface area contributed by atoms with Gasteiger partial charge in [-0.15, -0.1) is 0 Å². The molecule has 2 aromatic carbocycles. The van der Waals surface area contributed by atoms with Crippen LogP contribution in [0.25, 0.3) is 0 Å². The molecule has 0 unspecified atom stereocenters. The van der Waals surface area contributed by atoms with Crippen molar-refractivity contribution in [3.05, 3.63) is 65.0 Å². The van der Waals surface area contributed by atoms with E-state index in [9.17, 15) is 9.18 Å². The number of nitrogens with zero attached hydrogens (tertiary/aromatic N) is 2. The molecule has 0 spiro atoms. The fraction of sp³-hybridized carbons (Fsp3) is 0.350. The molecule has 0 radical (unpaired) electrons. The van der Waals surface area contributed by atoms with Gasteiger partial charge in [-0.25, -0.2) is 4.39 Å². The Balaban J connectivity index is 1.58. The first-order chi connectivity index (χ1) is 11.5. The maximum atomic E-state index is 12.9. The van der Waals surface area contributed by atoms with E-state index in [0.29, 0.717) is 6.42 Å². The number of carbonyl (C=O) groups excluding carboxylic acids is 1. The van der Waals surface area contributed by atoms with Crippen LogP contribution in [0.4, 0.5) is 10.1 Å². The van der Waals surface area contributed by atoms with Crippen LogP contribution in [0.15, 0.2) is 42.5 Å². The molecule has 1 aliphatic rings. The number of anilines is 1. The molecule has 1 fully saturated rings. The first-order valence-corrected chi connectivity index (χ1v) is 8.37. The number of amides is 1. The molecule has 0 bridgehead atoms. The third-order valence-corrected chi connectivity index (χ3v) is 4.47. The van der Waals surface area contributed by atoms with Crippen molar-refractivity contribution in [2.24, 2.45) is 0 Å². The minimum absolute atomic E-state index is 0.113. The van der Waals surface area contributed by atoms with E-state index in [1.165, 1.54) is 28.9 Å². The van der Waals surface area contributed by atoms with Gasteiger partial charge < -0.3 is 9.80 Å². The monoisotopic (exact) mass is 326 g/mol. The van der Waals surface area contributed by atoms with Crippen LogP contribution in [0.5, 0.6) is 0 Å². The van der Waals surface area contributed by atoms with E-state index < -0.39 is 0 Å². The Bertz CT molecular complexity index is 699. The Morgan fingerprint density at radius 2 is 1.54 bits per heavy atom. The highest BCUT2D eigenvalue weighted by molar-refractivity contribution is 5.79. The molecule has 3 rings (SSSR count). The lowest BCUT2D eigenvalue weighted by atomic mass is 10.1. The average molecular weight is 326 g/mol. The minimum atomic E-state index is -0.270. The SMILES string of the molecule is Cc1cc(C)cc(N2CCN(C(=O)Cc3ccc(F)cc3)CC2)c1. The van der Waals surface area contributed by atoms with Gasteiger partial charge in [0.15, 0.2) is 0 Å². The van der Waals surface area contributed by atoms with Gasteiger partial charge in [-0.05, 0) is 54.8 Å². The Hall–Kier alpha value is -2.36. The zero-order valence-electron chi connectivity index (χ0n) is 14.3. The molecule has 0 aromatic heterocycles. The van der Waals surface area contributed by atoms with Crippen molar-refractivity contribution in [1.29, 1.82) is 0 Å². The fourth-order valence-corrected chi connectivity index (χ4v) is 3.24. The molecule has 2 aromatic rings. The van der Waals surface area contributed by atoms with Crippen molar-refractivity contribution >= 4 is 11.6 Å². The van der Waals surface area contributed by atoms with Crippen LogP contribution >= 0.6 is 0 Å². The third-order valence-electron chi connectivity index (χ3n) is 4.47. The lowest BCUT2D eigenvalue weighted by molar-refractivity contribution is -0.130. The lowest BCUT2D eigenvalue weighted by Gasteiger charge is -2.36. The topological polar surface area (TPSA) is 23.6 Å². The van der Waals surface area contributed by atoms with Gasteiger partial charge in [0.2, 0.25) is 5.91 Å². The summed E-state index contributed by atoms with van der Waals surface area (Å²) < 4.78 is 12.9. The number of aryl methyl sites for hydroxylation is 2. The maximum Gasteiger partial charge on any atom is 0.227 e. The zero-order chi connectivity index (χ0) is 17.1. The minimum Gasteiger partial charge on any atom is -0.368 e. The summed E-state index contributed by atoms with van der Waals surface area (Å²) in [6.07, 6.45) is 0.337. The van der Waals surface area contributed by atoms with E-state index >= 15 is 0 Å². The van der Waals surface area contributed by atoms with E-state index in [-0.39, 0.29) is 11.7 Å². The summed E-state index contributed by atoms with van der Waals surface area (Å²) in [5.74, 6) is -0.157. The number of halogens is 1. The smallest absolute Gasteiger partial charge is 0.227 e. The first kappa shape index (κ1) is 16.5. The van der Waals surface area contributed by atoms with Gasteiger partial charge in [-0.3, -0.25) is 4.79 Å². The van der Waals surface area contributed by atoms with Crippen molar-refractivity contribution in [2.45, 2.75) is 20.3 Å². The van der Waals surface area contributed by atoms with Gasteiger partial charge in [-0.2, -0.15) is 0 Å². The van der Waals surface area contributed by atoms with Gasteiger partial charge in [0, 0.05) is 31.9 Å². The highest BCUT2D eigenvalue weighted by atomic mass is 19.1. The van der Waals surface area contributed by atoms with Gasteiger partial charge in [0.1, 0.15) is 5.82 Å². The summed E-state index contributed by atoms with van der Waals surface area (Å²) in [7, 11) is 0. The van der Waals surface area contributed by atoms with Crippen molar-refractivity contribution < 1.29 is 9.18 Å². The molecule has 0 N–H and O–H groups in total. The Kier molecular flexibility index (Phi) is 4.84. The molecule has 4 heteroatoms. The highest BCUT2D eigenvalue weighted by Gasteiger charge is 2.21. The molecule has 24 heavy (non-hydrogen) atoms. The number of benzene rings is 2. The molecule has 3 nitrogen and oxygen atoms in total. The number of rotatable bonds is 3. The second kappa shape index (κ2) is 7.04. The van der Waals surface area contributed by atoms with Crippen LogP contribution in [-0.4, -0.2) is 37.0 Å². The van der Waals surface area contributed by atoms with Crippen LogP contribution in [-0.2, 0) is 11.2 Å². The second-order valence-corrected chi connectivity index (χ2v) is 6.52. The van der Waals surface area contributed by atoms with Gasteiger partial charge >= 0.3 is 0 Å². The average Bonchev–Trinajstić information content (AvgIpc) is 2.56. The molecular weight excluding hydrogens is 303 g/mol. The summed E-state index contributed by atoms with van der Waals surface area (Å²) in [6, 6.07) is 12.7. The molecule has 1 saturated heterocycles. The van der Waals surface area contributed by atoms with Crippen LogP contribution in [0.2, 0.25) is 0 Å². The molecular formula is C20H23FN2O. The molecule has 1 heterocycles. The highest BCUT2D eigenvalue weighted by Crippen LogP contribution is 2.20. The van der Waals surface area contributed by atoms with Gasteiger partial charge in [0.05, 0.1) is 6.42 Å². The zero-order valence-corrected chi connectivity index (χ0v) is 14.3. The third kappa shape index (κ3) is 3.94. The molecule has 1 aliphatic heterocycles. The van der Waals surface area contributed by atoms with Crippen molar-refractivity contribution in [1.82, 2.24) is 4.90 Å². The molecule has 0 aliphatic carbocycles. The molecule has 0 saturated carbocycles. The summed E-state index contributed by atoms with van der Waals surface area (Å²) in [4.78, 5) is 16.7. The van der Waals surface area contributed by atoms with E-state index in [0.717, 1.165) is 31.7 Å². The number of hydrogen-bond acceptors (Lipinski definition) is 2. The van der Waals surface area contributed by atoms with Crippen LogP contribution in [0.1, 0.15) is 16.7 Å². The number of hydrogen-bond donors (Lipinski definition) is 0. The Morgan fingerprint density at radius 1 is 0.958 bits per heavy atom. The predicted molar refractivity (Wildman–Crippen MR) is 94.8 cm³/mol. The number of piperazine rings is 1. The first-order valence-electron chi connectivity index (χ1n) is 8.37. The van der Waals surface area contributed by atoms with Crippen molar-refractivity contribution in [3.63, 3.8) is 0 Å². The fourth-order valence-electron chi connectivity index (χ4n) is 3.24. The summed E-state index contributed by atoms with van der Waals surface area (Å²) in [5.41, 5.74) is 4.62. The molecule has 126 valence electrons. The predicted octanol–water partition coefficient (Wildman–Crippen LogP) is 3.33. The molecule has 1 amide bonds. The largest absolute Gasteiger partial charge is 0.368 e. The summed E-state index contributed by atoms with van der Waals surface area (Å²) in [6.45, 7) is 7.37. The van der Waals surface area contributed by atoms with Crippen LogP contribution in [0, 0.1) is 19.7 Å². The van der Waals surface area contributed by atoms with E-state index in [4.69, 9.17) is 0 Å². The maximum absolute atomic E-state index is 12.9. The van der Waals surface area contributed by atoms with E-state index in [2.05, 4.69) is 36.9 Å². The normalized spacial score (nSPS) is 14.8. The summed E-state index contributed by atoms with van der Waals surface area (Å²) >= 11 is 0. The van der Waals surface area contributed by atoms with Gasteiger partial charge in [-0.1, -0.05) is 18.2 Å². The summed E-state index contributed by atoms with van der Waals surface area (Å²) in [5, 5.41) is 0. The van der Waals surface area contributed by atoms with E-state index in [1.807, 2.05) is 4.90 Å². The van der Waals surface area contributed by atoms with Crippen LogP contribution < -0.4 is 4.90 Å². The van der Waals surface area contributed by atoms with Crippen LogP contribution in [0.3, 0.4) is 0 Å². The standard InChI is InChI=1S/C20H23FN2O/c1-15-11-16(2)13-19(12-15)22-7-9-23(10-8-22)20(24)14-17-3-5-18(21)6-4-17/h3-6,11-13H,7-10,14H2,1-2H3. The Labute approximate surface area is 142 Å². The second-order valence-electron chi connectivity index (χ2n) is 6.52. The molecule has 0 atom stereocenters. The Morgan fingerprint density at radius 3 is 2.12 bits per heavy atom. The van der Waals surface area contributed by atoms with Gasteiger partial charge in [0.25, 0.3) is 0 Å². The van der Waals surface area contributed by atoms with E-state index in [1.54, 1.807) is 12.1 Å². The lowest BCUT2D eigenvalue weighted by Crippen LogP contribution is -2.49. The quantitative estimate of drug-likeness (QED) is 0.864. The number of carbonyl (C=O) groups is 1. The van der Waals surface area contributed by atoms with Crippen molar-refractivity contribution in [3.8, 4) is 0 Å².